The molecule has 1 fully saturated rings. The van der Waals surface area contributed by atoms with Crippen LogP contribution in [0.25, 0.3) is 0 Å². The van der Waals surface area contributed by atoms with Gasteiger partial charge in [-0.3, -0.25) is 24.1 Å². The number of likely N-dealkylation sites (tertiary alicyclic amines) is 1. The predicted molar refractivity (Wildman–Crippen MR) is 123 cm³/mol. The Bertz CT molecular complexity index is 1240. The molecule has 4 atom stereocenters. The molecule has 4 unspecified atom stereocenters. The molecule has 0 aromatic heterocycles. The molecule has 0 bridgehead atoms. The van der Waals surface area contributed by atoms with Crippen molar-refractivity contribution in [3.05, 3.63) is 58.2 Å². The Kier molecular flexibility index (Phi) is 5.30. The summed E-state index contributed by atoms with van der Waals surface area (Å²) in [5.74, 6) is -2.34. The van der Waals surface area contributed by atoms with Gasteiger partial charge in [-0.05, 0) is 63.3 Å². The fourth-order valence-corrected chi connectivity index (χ4v) is 6.10. The summed E-state index contributed by atoms with van der Waals surface area (Å²) in [6.45, 7) is 5.91. The summed E-state index contributed by atoms with van der Waals surface area (Å²) in [6.07, 6.45) is 4.04. The van der Waals surface area contributed by atoms with Gasteiger partial charge in [0.15, 0.2) is 23.1 Å². The normalized spacial score (nSPS) is 28.4. The third-order valence-electron chi connectivity index (χ3n) is 7.59. The average Bonchev–Trinajstić information content (AvgIpc) is 3.07. The molecule has 1 N–H and O–H groups in total. The second-order valence-electron chi connectivity index (χ2n) is 9.31. The van der Waals surface area contributed by atoms with Gasteiger partial charge in [0.2, 0.25) is 11.8 Å². The number of rotatable bonds is 4. The summed E-state index contributed by atoms with van der Waals surface area (Å²) >= 11 is 0. The summed E-state index contributed by atoms with van der Waals surface area (Å²) < 4.78 is 5.58. The van der Waals surface area contributed by atoms with Crippen LogP contribution in [0.5, 0.6) is 11.5 Å². The molecule has 5 rings (SSSR count). The van der Waals surface area contributed by atoms with E-state index in [1.54, 1.807) is 26.0 Å². The second-order valence-corrected chi connectivity index (χ2v) is 9.31. The maximum atomic E-state index is 13.4. The molecule has 1 saturated heterocycles. The minimum Gasteiger partial charge on any atom is -0.504 e. The van der Waals surface area contributed by atoms with Crippen molar-refractivity contribution in [2.75, 3.05) is 13.2 Å². The van der Waals surface area contributed by atoms with Gasteiger partial charge in [0.25, 0.3) is 0 Å². The first-order valence-corrected chi connectivity index (χ1v) is 11.8. The molecule has 0 radical (unpaired) electrons. The summed E-state index contributed by atoms with van der Waals surface area (Å²) in [7, 11) is 0. The van der Waals surface area contributed by atoms with Crippen LogP contribution in [0.1, 0.15) is 45.1 Å². The van der Waals surface area contributed by atoms with Gasteiger partial charge in [0.05, 0.1) is 18.4 Å². The number of nitrogens with zero attached hydrogens (tertiary/aromatic N) is 1. The van der Waals surface area contributed by atoms with Crippen molar-refractivity contribution in [2.24, 2.45) is 17.8 Å². The van der Waals surface area contributed by atoms with Gasteiger partial charge in [-0.2, -0.15) is 0 Å². The lowest BCUT2D eigenvalue weighted by molar-refractivity contribution is -0.139. The van der Waals surface area contributed by atoms with Gasteiger partial charge in [0, 0.05) is 29.2 Å². The molecule has 1 aromatic carbocycles. The van der Waals surface area contributed by atoms with Crippen LogP contribution < -0.4 is 4.74 Å². The van der Waals surface area contributed by atoms with E-state index in [1.807, 2.05) is 13.0 Å². The van der Waals surface area contributed by atoms with E-state index in [1.165, 1.54) is 17.0 Å². The van der Waals surface area contributed by atoms with E-state index >= 15 is 0 Å². The lowest BCUT2D eigenvalue weighted by atomic mass is 9.59. The SMILES string of the molecule is CCOc1cc(C2C3=CCC4C(=O)N(CC)C(=O)C4C3CC3=C2C(=O)C(C)=CC3=O)ccc1O. The summed E-state index contributed by atoms with van der Waals surface area (Å²) in [4.78, 5) is 53.9. The predicted octanol–water partition coefficient (Wildman–Crippen LogP) is 3.24. The van der Waals surface area contributed by atoms with Crippen LogP contribution in [0.3, 0.4) is 0 Å². The summed E-state index contributed by atoms with van der Waals surface area (Å²) in [6, 6.07) is 4.96. The third kappa shape index (κ3) is 3.10. The van der Waals surface area contributed by atoms with Crippen molar-refractivity contribution in [1.29, 1.82) is 0 Å². The van der Waals surface area contributed by atoms with Crippen molar-refractivity contribution in [3.63, 3.8) is 0 Å². The minimum atomic E-state index is -0.548. The number of imide groups is 1. The highest BCUT2D eigenvalue weighted by Crippen LogP contribution is 2.55. The first-order valence-electron chi connectivity index (χ1n) is 11.8. The van der Waals surface area contributed by atoms with Crippen LogP contribution in [-0.2, 0) is 19.2 Å². The fourth-order valence-electron chi connectivity index (χ4n) is 6.10. The lowest BCUT2D eigenvalue weighted by Gasteiger charge is -2.42. The fraction of sp³-hybridized carbons (Fsp3) is 0.407. The lowest BCUT2D eigenvalue weighted by Crippen LogP contribution is -2.39. The zero-order valence-corrected chi connectivity index (χ0v) is 19.5. The standard InChI is InChI=1S/C27H27NO6/c1-4-28-26(32)16-8-7-15-17(23(16)27(28)33)12-18-20(30)10-13(3)25(31)24(18)22(15)14-6-9-19(29)21(11-14)34-5-2/h6-7,9-11,16-17,22-23,29H,4-5,8,12H2,1-3H3. The molecule has 0 spiro atoms. The number of Topliss-reactive ketones (excluding diaryl/α,β-unsaturated/α-hetero) is 1. The zero-order chi connectivity index (χ0) is 24.3. The summed E-state index contributed by atoms with van der Waals surface area (Å²) in [5, 5.41) is 10.2. The number of phenolic OH excluding ortho intramolecular Hbond substituents is 1. The molecule has 7 heteroatoms. The van der Waals surface area contributed by atoms with Crippen LogP contribution in [0, 0.1) is 17.8 Å². The smallest absolute Gasteiger partial charge is 0.233 e. The number of allylic oxidation sites excluding steroid dienone is 6. The van der Waals surface area contributed by atoms with E-state index in [4.69, 9.17) is 4.74 Å². The molecular weight excluding hydrogens is 434 g/mol. The Morgan fingerprint density at radius 2 is 1.85 bits per heavy atom. The Hall–Kier alpha value is -3.48. The maximum Gasteiger partial charge on any atom is 0.233 e. The van der Waals surface area contributed by atoms with Gasteiger partial charge in [-0.15, -0.1) is 0 Å². The van der Waals surface area contributed by atoms with Crippen LogP contribution in [-0.4, -0.2) is 46.5 Å². The number of fused-ring (bicyclic) bond motifs is 3. The highest BCUT2D eigenvalue weighted by Gasteiger charge is 2.55. The number of carbonyl (C=O) groups excluding carboxylic acids is 4. The van der Waals surface area contributed by atoms with Gasteiger partial charge in [0.1, 0.15) is 0 Å². The van der Waals surface area contributed by atoms with Crippen LogP contribution >= 0.6 is 0 Å². The molecule has 7 nitrogen and oxygen atoms in total. The zero-order valence-electron chi connectivity index (χ0n) is 19.5. The maximum absolute atomic E-state index is 13.4. The molecule has 1 aromatic rings. The number of hydrogen-bond donors (Lipinski definition) is 1. The van der Waals surface area contributed by atoms with Crippen molar-refractivity contribution < 1.29 is 29.0 Å². The number of phenols is 1. The van der Waals surface area contributed by atoms with E-state index in [-0.39, 0.29) is 41.5 Å². The Balaban J connectivity index is 1.69. The Morgan fingerprint density at radius 3 is 2.56 bits per heavy atom. The van der Waals surface area contributed by atoms with Crippen molar-refractivity contribution in [1.82, 2.24) is 4.90 Å². The number of carbonyl (C=O) groups is 4. The second kappa shape index (κ2) is 8.08. The van der Waals surface area contributed by atoms with E-state index < -0.39 is 17.8 Å². The van der Waals surface area contributed by atoms with Crippen molar-refractivity contribution in [2.45, 2.75) is 39.5 Å². The molecule has 176 valence electrons. The molecule has 4 aliphatic rings. The molecule has 34 heavy (non-hydrogen) atoms. The largest absolute Gasteiger partial charge is 0.504 e. The van der Waals surface area contributed by atoms with Crippen molar-refractivity contribution >= 4 is 23.4 Å². The average molecular weight is 462 g/mol. The van der Waals surface area contributed by atoms with Gasteiger partial charge >= 0.3 is 0 Å². The van der Waals surface area contributed by atoms with E-state index in [2.05, 4.69) is 0 Å². The number of hydrogen-bond acceptors (Lipinski definition) is 6. The van der Waals surface area contributed by atoms with E-state index in [9.17, 15) is 24.3 Å². The monoisotopic (exact) mass is 461 g/mol. The Morgan fingerprint density at radius 1 is 1.09 bits per heavy atom. The van der Waals surface area contributed by atoms with Gasteiger partial charge in [-0.25, -0.2) is 0 Å². The number of ketones is 2. The minimum absolute atomic E-state index is 0.0119. The molecule has 3 aliphatic carbocycles. The van der Waals surface area contributed by atoms with Gasteiger partial charge < -0.3 is 9.84 Å². The number of aromatic hydroxyl groups is 1. The van der Waals surface area contributed by atoms with Gasteiger partial charge in [-0.1, -0.05) is 17.7 Å². The molecular formula is C27H27NO6. The quantitative estimate of drug-likeness (QED) is 0.420. The van der Waals surface area contributed by atoms with Crippen LogP contribution in [0.15, 0.2) is 52.6 Å². The number of amides is 2. The summed E-state index contributed by atoms with van der Waals surface area (Å²) in [5.41, 5.74) is 2.84. The third-order valence-corrected chi connectivity index (χ3v) is 7.59. The first-order chi connectivity index (χ1) is 16.3. The highest BCUT2D eigenvalue weighted by atomic mass is 16.5. The highest BCUT2D eigenvalue weighted by molar-refractivity contribution is 6.23. The molecule has 1 heterocycles. The topological polar surface area (TPSA) is 101 Å². The van der Waals surface area contributed by atoms with E-state index in [0.717, 1.165) is 5.57 Å². The molecule has 0 saturated carbocycles. The number of ether oxygens (including phenoxy) is 1. The van der Waals surface area contributed by atoms with Crippen molar-refractivity contribution in [3.8, 4) is 11.5 Å². The molecule has 2 amide bonds. The van der Waals surface area contributed by atoms with Crippen LogP contribution in [0.4, 0.5) is 0 Å². The van der Waals surface area contributed by atoms with Crippen LogP contribution in [0.2, 0.25) is 0 Å². The van der Waals surface area contributed by atoms with E-state index in [0.29, 0.717) is 47.6 Å². The Labute approximate surface area is 197 Å². The molecule has 1 aliphatic heterocycles. The first kappa shape index (κ1) is 22.3. The number of benzene rings is 1.